The van der Waals surface area contributed by atoms with Gasteiger partial charge in [0.05, 0.1) is 0 Å². The minimum absolute atomic E-state index is 0.0525. The number of carbonyl (C=O) groups is 2. The molecular formula is C22H26FN3O2. The number of nitrogens with zero attached hydrogens (tertiary/aromatic N) is 1. The van der Waals surface area contributed by atoms with Crippen LogP contribution in [0.3, 0.4) is 0 Å². The Bertz CT molecular complexity index is 823. The molecule has 1 saturated heterocycles. The first-order chi connectivity index (χ1) is 13.4. The highest BCUT2D eigenvalue weighted by molar-refractivity contribution is 5.94. The molecule has 0 atom stereocenters. The van der Waals surface area contributed by atoms with Crippen molar-refractivity contribution in [1.82, 2.24) is 10.2 Å². The first kappa shape index (κ1) is 19.9. The van der Waals surface area contributed by atoms with E-state index in [1.807, 2.05) is 32.0 Å². The van der Waals surface area contributed by atoms with Gasteiger partial charge in [0.25, 0.3) is 5.91 Å². The first-order valence-electron chi connectivity index (χ1n) is 9.59. The van der Waals surface area contributed by atoms with Gasteiger partial charge in [0.15, 0.2) is 0 Å². The summed E-state index contributed by atoms with van der Waals surface area (Å²) in [5, 5.41) is 5.81. The molecule has 0 spiro atoms. The molecule has 3 amide bonds. The zero-order valence-electron chi connectivity index (χ0n) is 16.3. The minimum atomic E-state index is -0.332. The van der Waals surface area contributed by atoms with E-state index in [0.717, 1.165) is 24.0 Å². The molecule has 1 aliphatic heterocycles. The SMILES string of the molecule is Cc1cc(C)cc(C(=O)NCC2CCN(C(=O)Nc3ccc(F)cc3)CC2)c1. The van der Waals surface area contributed by atoms with Gasteiger partial charge in [0.1, 0.15) is 5.82 Å². The number of carbonyl (C=O) groups excluding carboxylic acids is 2. The van der Waals surface area contributed by atoms with E-state index >= 15 is 0 Å². The number of anilines is 1. The fourth-order valence-corrected chi connectivity index (χ4v) is 3.52. The summed E-state index contributed by atoms with van der Waals surface area (Å²) in [6.07, 6.45) is 1.67. The summed E-state index contributed by atoms with van der Waals surface area (Å²) in [7, 11) is 0. The Hall–Kier alpha value is -2.89. The van der Waals surface area contributed by atoms with Crippen LogP contribution in [0.4, 0.5) is 14.9 Å². The average Bonchev–Trinajstić information content (AvgIpc) is 2.67. The number of halogens is 1. The summed E-state index contributed by atoms with van der Waals surface area (Å²) in [5.41, 5.74) is 3.42. The van der Waals surface area contributed by atoms with Gasteiger partial charge in [-0.2, -0.15) is 0 Å². The highest BCUT2D eigenvalue weighted by Crippen LogP contribution is 2.18. The number of nitrogens with one attached hydrogen (secondary N) is 2. The summed E-state index contributed by atoms with van der Waals surface area (Å²) in [6.45, 7) is 5.85. The van der Waals surface area contributed by atoms with E-state index in [4.69, 9.17) is 0 Å². The fourth-order valence-electron chi connectivity index (χ4n) is 3.52. The van der Waals surface area contributed by atoms with Crippen molar-refractivity contribution in [2.45, 2.75) is 26.7 Å². The van der Waals surface area contributed by atoms with Crippen molar-refractivity contribution >= 4 is 17.6 Å². The lowest BCUT2D eigenvalue weighted by Crippen LogP contribution is -2.43. The minimum Gasteiger partial charge on any atom is -0.352 e. The van der Waals surface area contributed by atoms with Gasteiger partial charge in [-0.15, -0.1) is 0 Å². The van der Waals surface area contributed by atoms with Crippen molar-refractivity contribution in [2.75, 3.05) is 25.0 Å². The monoisotopic (exact) mass is 383 g/mol. The molecule has 0 saturated carbocycles. The molecule has 3 rings (SSSR count). The largest absolute Gasteiger partial charge is 0.352 e. The Morgan fingerprint density at radius 3 is 2.25 bits per heavy atom. The Morgan fingerprint density at radius 1 is 1.04 bits per heavy atom. The number of benzene rings is 2. The van der Waals surface area contributed by atoms with Gasteiger partial charge in [-0.3, -0.25) is 4.79 Å². The first-order valence-corrected chi connectivity index (χ1v) is 9.59. The van der Waals surface area contributed by atoms with Crippen LogP contribution in [-0.4, -0.2) is 36.5 Å². The molecule has 0 bridgehead atoms. The number of amides is 3. The van der Waals surface area contributed by atoms with Crippen molar-refractivity contribution in [3.8, 4) is 0 Å². The summed E-state index contributed by atoms with van der Waals surface area (Å²) < 4.78 is 12.9. The molecule has 2 aromatic carbocycles. The lowest BCUT2D eigenvalue weighted by Gasteiger charge is -2.32. The van der Waals surface area contributed by atoms with Crippen LogP contribution in [0.1, 0.15) is 34.3 Å². The maximum atomic E-state index is 12.9. The van der Waals surface area contributed by atoms with E-state index in [0.29, 0.717) is 36.8 Å². The molecule has 28 heavy (non-hydrogen) atoms. The lowest BCUT2D eigenvalue weighted by molar-refractivity contribution is 0.0938. The van der Waals surface area contributed by atoms with Gasteiger partial charge in [0, 0.05) is 30.9 Å². The smallest absolute Gasteiger partial charge is 0.321 e. The number of hydrogen-bond donors (Lipinski definition) is 2. The van der Waals surface area contributed by atoms with Crippen LogP contribution >= 0.6 is 0 Å². The molecule has 148 valence electrons. The van der Waals surface area contributed by atoms with Crippen LogP contribution in [0.2, 0.25) is 0 Å². The Balaban J connectivity index is 1.44. The van der Waals surface area contributed by atoms with Crippen molar-refractivity contribution < 1.29 is 14.0 Å². The van der Waals surface area contributed by atoms with Gasteiger partial charge in [-0.1, -0.05) is 17.2 Å². The van der Waals surface area contributed by atoms with Crippen LogP contribution < -0.4 is 10.6 Å². The second-order valence-corrected chi connectivity index (χ2v) is 7.45. The Morgan fingerprint density at radius 2 is 1.64 bits per heavy atom. The standard InChI is InChI=1S/C22H26FN3O2/c1-15-11-16(2)13-18(12-15)21(27)24-14-17-7-9-26(10-8-17)22(28)25-20-5-3-19(23)4-6-20/h3-6,11-13,17H,7-10,14H2,1-2H3,(H,24,27)(H,25,28). The second-order valence-electron chi connectivity index (χ2n) is 7.45. The van der Waals surface area contributed by atoms with Gasteiger partial charge in [0.2, 0.25) is 0 Å². The molecule has 2 N–H and O–H groups in total. The molecule has 6 heteroatoms. The molecule has 1 fully saturated rings. The van der Waals surface area contributed by atoms with E-state index < -0.39 is 0 Å². The third-order valence-electron chi connectivity index (χ3n) is 5.03. The maximum Gasteiger partial charge on any atom is 0.321 e. The fraction of sp³-hybridized carbons (Fsp3) is 0.364. The molecule has 1 aliphatic rings. The number of urea groups is 1. The zero-order chi connectivity index (χ0) is 20.1. The van der Waals surface area contributed by atoms with Crippen LogP contribution in [0.25, 0.3) is 0 Å². The van der Waals surface area contributed by atoms with E-state index in [1.165, 1.54) is 12.1 Å². The number of piperidine rings is 1. The van der Waals surface area contributed by atoms with Crippen molar-refractivity contribution in [3.63, 3.8) is 0 Å². The molecule has 5 nitrogen and oxygen atoms in total. The van der Waals surface area contributed by atoms with Gasteiger partial charge in [-0.05, 0) is 69.0 Å². The number of hydrogen-bond acceptors (Lipinski definition) is 2. The number of rotatable bonds is 4. The summed E-state index contributed by atoms with van der Waals surface area (Å²) in [6, 6.07) is 11.4. The molecule has 0 aliphatic carbocycles. The molecule has 0 unspecified atom stereocenters. The molecular weight excluding hydrogens is 357 g/mol. The second kappa shape index (κ2) is 8.87. The van der Waals surface area contributed by atoms with Crippen molar-refractivity contribution in [1.29, 1.82) is 0 Å². The predicted molar refractivity (Wildman–Crippen MR) is 108 cm³/mol. The van der Waals surface area contributed by atoms with Crippen LogP contribution in [0.15, 0.2) is 42.5 Å². The molecule has 0 radical (unpaired) electrons. The quantitative estimate of drug-likeness (QED) is 0.834. The summed E-state index contributed by atoms with van der Waals surface area (Å²) >= 11 is 0. The predicted octanol–water partition coefficient (Wildman–Crippen LogP) is 4.12. The summed E-state index contributed by atoms with van der Waals surface area (Å²) in [4.78, 5) is 26.5. The number of likely N-dealkylation sites (tertiary alicyclic amines) is 1. The topological polar surface area (TPSA) is 61.4 Å². The van der Waals surface area contributed by atoms with E-state index in [-0.39, 0.29) is 17.8 Å². The van der Waals surface area contributed by atoms with Crippen LogP contribution in [-0.2, 0) is 0 Å². The Kier molecular flexibility index (Phi) is 6.29. The van der Waals surface area contributed by atoms with Crippen LogP contribution in [0, 0.1) is 25.6 Å². The van der Waals surface area contributed by atoms with E-state index in [9.17, 15) is 14.0 Å². The van der Waals surface area contributed by atoms with Crippen molar-refractivity contribution in [2.24, 2.45) is 5.92 Å². The van der Waals surface area contributed by atoms with Crippen LogP contribution in [0.5, 0.6) is 0 Å². The molecule has 2 aromatic rings. The molecule has 1 heterocycles. The molecule has 0 aromatic heterocycles. The van der Waals surface area contributed by atoms with Gasteiger partial charge < -0.3 is 15.5 Å². The lowest BCUT2D eigenvalue weighted by atomic mass is 9.96. The Labute approximate surface area is 164 Å². The third kappa shape index (κ3) is 5.31. The van der Waals surface area contributed by atoms with Crippen molar-refractivity contribution in [3.05, 3.63) is 65.0 Å². The normalized spacial score (nSPS) is 14.6. The van der Waals surface area contributed by atoms with E-state index in [1.54, 1.807) is 17.0 Å². The third-order valence-corrected chi connectivity index (χ3v) is 5.03. The zero-order valence-corrected chi connectivity index (χ0v) is 16.3. The average molecular weight is 383 g/mol. The van der Waals surface area contributed by atoms with E-state index in [2.05, 4.69) is 10.6 Å². The maximum absolute atomic E-state index is 12.9. The van der Waals surface area contributed by atoms with Gasteiger partial charge in [-0.25, -0.2) is 9.18 Å². The number of aryl methyl sites for hydroxylation is 2. The highest BCUT2D eigenvalue weighted by atomic mass is 19.1. The van der Waals surface area contributed by atoms with Gasteiger partial charge >= 0.3 is 6.03 Å². The highest BCUT2D eigenvalue weighted by Gasteiger charge is 2.23. The summed E-state index contributed by atoms with van der Waals surface area (Å²) in [5.74, 6) is -0.0327.